The Morgan fingerprint density at radius 2 is 2.16 bits per heavy atom. The van der Waals surface area contributed by atoms with Gasteiger partial charge in [0.05, 0.1) is 10.6 Å². The lowest BCUT2D eigenvalue weighted by atomic mass is 10.1. The lowest BCUT2D eigenvalue weighted by Gasteiger charge is -2.03. The molecule has 0 saturated heterocycles. The van der Waals surface area contributed by atoms with E-state index in [0.717, 1.165) is 0 Å². The number of nitro benzene ring substituents is 1. The van der Waals surface area contributed by atoms with Gasteiger partial charge in [-0.05, 0) is 13.0 Å². The predicted octanol–water partition coefficient (Wildman–Crippen LogP) is 2.01. The summed E-state index contributed by atoms with van der Waals surface area (Å²) in [7, 11) is 0. The Morgan fingerprint density at radius 1 is 1.32 bits per heavy atom. The fourth-order valence-corrected chi connectivity index (χ4v) is 1.89. The van der Waals surface area contributed by atoms with Crippen LogP contribution in [-0.2, 0) is 0 Å². The van der Waals surface area contributed by atoms with E-state index in [0.29, 0.717) is 22.9 Å². The topological polar surface area (TPSA) is 86.2 Å². The van der Waals surface area contributed by atoms with E-state index in [1.54, 1.807) is 35.8 Å². The fourth-order valence-electron chi connectivity index (χ4n) is 1.89. The molecule has 1 aromatic carbocycles. The van der Waals surface area contributed by atoms with E-state index in [1.165, 1.54) is 12.1 Å². The summed E-state index contributed by atoms with van der Waals surface area (Å²) in [6.45, 7) is 1.77. The van der Waals surface area contributed by atoms with Crippen molar-refractivity contribution in [2.45, 2.75) is 6.92 Å². The second kappa shape index (κ2) is 4.13. The standard InChI is InChI=1S/C12H9N5O2/c1-8-14-12-13-6-5-11(16(12)15-8)9-3-2-4-10(7-9)17(18)19/h2-7H,1H3. The fraction of sp³-hybridized carbons (Fsp3) is 0.0833. The van der Waals surface area contributed by atoms with Crippen LogP contribution in [0.5, 0.6) is 0 Å². The molecule has 7 nitrogen and oxygen atoms in total. The number of benzene rings is 1. The van der Waals surface area contributed by atoms with Crippen molar-refractivity contribution in [1.29, 1.82) is 0 Å². The van der Waals surface area contributed by atoms with Crippen LogP contribution in [0.3, 0.4) is 0 Å². The molecule has 0 bridgehead atoms. The summed E-state index contributed by atoms with van der Waals surface area (Å²) in [6.07, 6.45) is 1.61. The van der Waals surface area contributed by atoms with Crippen LogP contribution in [0.4, 0.5) is 5.69 Å². The molecule has 0 unspecified atom stereocenters. The number of rotatable bonds is 2. The Kier molecular flexibility index (Phi) is 2.45. The van der Waals surface area contributed by atoms with Crippen LogP contribution in [-0.4, -0.2) is 24.5 Å². The summed E-state index contributed by atoms with van der Waals surface area (Å²) < 4.78 is 1.58. The SMILES string of the molecule is Cc1nc2nccc(-c3cccc([N+](=O)[O-])c3)n2n1. The highest BCUT2D eigenvalue weighted by Crippen LogP contribution is 2.23. The first-order valence-electron chi connectivity index (χ1n) is 5.58. The summed E-state index contributed by atoms with van der Waals surface area (Å²) in [5, 5.41) is 15.0. The molecule has 0 saturated carbocycles. The normalized spacial score (nSPS) is 10.8. The minimum absolute atomic E-state index is 0.0410. The van der Waals surface area contributed by atoms with Crippen molar-refractivity contribution < 1.29 is 4.92 Å². The van der Waals surface area contributed by atoms with Gasteiger partial charge in [-0.15, -0.1) is 5.10 Å². The van der Waals surface area contributed by atoms with Crippen LogP contribution in [0.1, 0.15) is 5.82 Å². The number of nitro groups is 1. The van der Waals surface area contributed by atoms with Crippen molar-refractivity contribution in [2.75, 3.05) is 0 Å². The van der Waals surface area contributed by atoms with Gasteiger partial charge in [-0.25, -0.2) is 4.98 Å². The Hall–Kier alpha value is -2.83. The molecule has 0 aliphatic carbocycles. The zero-order chi connectivity index (χ0) is 13.4. The molecule has 0 aliphatic heterocycles. The molecule has 0 aliphatic rings. The van der Waals surface area contributed by atoms with Crippen LogP contribution in [0, 0.1) is 17.0 Å². The molecule has 0 atom stereocenters. The van der Waals surface area contributed by atoms with Gasteiger partial charge in [-0.2, -0.15) is 9.50 Å². The molecule has 7 heteroatoms. The molecule has 19 heavy (non-hydrogen) atoms. The molecule has 94 valence electrons. The van der Waals surface area contributed by atoms with Crippen molar-refractivity contribution in [3.05, 3.63) is 52.5 Å². The van der Waals surface area contributed by atoms with Crippen LogP contribution in [0.25, 0.3) is 17.0 Å². The minimum atomic E-state index is -0.422. The van der Waals surface area contributed by atoms with Gasteiger partial charge in [-0.3, -0.25) is 10.1 Å². The number of non-ortho nitro benzene ring substituents is 1. The summed E-state index contributed by atoms with van der Waals surface area (Å²) in [5.74, 6) is 1.08. The smallest absolute Gasteiger partial charge is 0.258 e. The average molecular weight is 255 g/mol. The minimum Gasteiger partial charge on any atom is -0.258 e. The summed E-state index contributed by atoms with van der Waals surface area (Å²) in [4.78, 5) is 18.7. The van der Waals surface area contributed by atoms with E-state index in [-0.39, 0.29) is 5.69 Å². The van der Waals surface area contributed by atoms with Gasteiger partial charge in [0.2, 0.25) is 0 Å². The van der Waals surface area contributed by atoms with Gasteiger partial charge >= 0.3 is 0 Å². The lowest BCUT2D eigenvalue weighted by Crippen LogP contribution is -1.96. The second-order valence-corrected chi connectivity index (χ2v) is 4.01. The van der Waals surface area contributed by atoms with E-state index in [9.17, 15) is 10.1 Å². The molecule has 2 heterocycles. The van der Waals surface area contributed by atoms with E-state index < -0.39 is 4.92 Å². The highest BCUT2D eigenvalue weighted by Gasteiger charge is 2.11. The third-order valence-electron chi connectivity index (χ3n) is 2.70. The molecule has 0 amide bonds. The lowest BCUT2D eigenvalue weighted by molar-refractivity contribution is -0.384. The largest absolute Gasteiger partial charge is 0.270 e. The van der Waals surface area contributed by atoms with E-state index in [1.807, 2.05) is 0 Å². The van der Waals surface area contributed by atoms with E-state index in [4.69, 9.17) is 0 Å². The Bertz CT molecular complexity index is 781. The first-order chi connectivity index (χ1) is 9.15. The quantitative estimate of drug-likeness (QED) is 0.516. The molecule has 3 rings (SSSR count). The van der Waals surface area contributed by atoms with Crippen LogP contribution < -0.4 is 0 Å². The summed E-state index contributed by atoms with van der Waals surface area (Å²) in [5.41, 5.74) is 1.46. The molecule has 0 radical (unpaired) electrons. The van der Waals surface area contributed by atoms with Crippen molar-refractivity contribution in [3.63, 3.8) is 0 Å². The number of aryl methyl sites for hydroxylation is 1. The number of fused-ring (bicyclic) bond motifs is 1. The average Bonchev–Trinajstić information content (AvgIpc) is 2.78. The van der Waals surface area contributed by atoms with Crippen molar-refractivity contribution in [2.24, 2.45) is 0 Å². The molecule has 2 aromatic heterocycles. The van der Waals surface area contributed by atoms with Gasteiger partial charge < -0.3 is 0 Å². The molecule has 0 fully saturated rings. The number of hydrogen-bond acceptors (Lipinski definition) is 5. The maximum Gasteiger partial charge on any atom is 0.270 e. The van der Waals surface area contributed by atoms with Crippen molar-refractivity contribution >= 4 is 11.5 Å². The second-order valence-electron chi connectivity index (χ2n) is 4.01. The van der Waals surface area contributed by atoms with Crippen LogP contribution in [0.2, 0.25) is 0 Å². The van der Waals surface area contributed by atoms with Gasteiger partial charge in [0, 0.05) is 23.9 Å². The number of aromatic nitrogens is 4. The Labute approximate surface area is 107 Å². The number of nitrogens with zero attached hydrogens (tertiary/aromatic N) is 5. The maximum absolute atomic E-state index is 10.8. The van der Waals surface area contributed by atoms with E-state index in [2.05, 4.69) is 15.1 Å². The molecular formula is C12H9N5O2. The van der Waals surface area contributed by atoms with Gasteiger partial charge in [0.1, 0.15) is 5.82 Å². The zero-order valence-electron chi connectivity index (χ0n) is 10.0. The van der Waals surface area contributed by atoms with Gasteiger partial charge in [0.15, 0.2) is 0 Å². The first-order valence-corrected chi connectivity index (χ1v) is 5.58. The third kappa shape index (κ3) is 1.90. The molecule has 0 spiro atoms. The van der Waals surface area contributed by atoms with Crippen molar-refractivity contribution in [3.8, 4) is 11.3 Å². The molecular weight excluding hydrogens is 246 g/mol. The van der Waals surface area contributed by atoms with Crippen LogP contribution in [0.15, 0.2) is 36.5 Å². The monoisotopic (exact) mass is 255 g/mol. The number of hydrogen-bond donors (Lipinski definition) is 0. The summed E-state index contributed by atoms with van der Waals surface area (Å²) in [6, 6.07) is 8.14. The Balaban J connectivity index is 2.24. The third-order valence-corrected chi connectivity index (χ3v) is 2.70. The highest BCUT2D eigenvalue weighted by molar-refractivity contribution is 5.64. The van der Waals surface area contributed by atoms with E-state index >= 15 is 0 Å². The highest BCUT2D eigenvalue weighted by atomic mass is 16.6. The zero-order valence-corrected chi connectivity index (χ0v) is 10.0. The van der Waals surface area contributed by atoms with Gasteiger partial charge in [0.25, 0.3) is 11.5 Å². The molecule has 0 N–H and O–H groups in total. The predicted molar refractivity (Wildman–Crippen MR) is 67.6 cm³/mol. The summed E-state index contributed by atoms with van der Waals surface area (Å²) >= 11 is 0. The Morgan fingerprint density at radius 3 is 2.95 bits per heavy atom. The van der Waals surface area contributed by atoms with Crippen molar-refractivity contribution in [1.82, 2.24) is 19.6 Å². The van der Waals surface area contributed by atoms with Crippen LogP contribution >= 0.6 is 0 Å². The maximum atomic E-state index is 10.8. The molecule has 3 aromatic rings. The van der Waals surface area contributed by atoms with Gasteiger partial charge in [-0.1, -0.05) is 12.1 Å². The first kappa shape index (κ1) is 11.3.